The molecule has 0 saturated heterocycles. The van der Waals surface area contributed by atoms with Crippen LogP contribution in [0, 0.1) is 17.0 Å². The third kappa shape index (κ3) is 6.20. The number of nitro groups is 1. The van der Waals surface area contributed by atoms with Crippen LogP contribution in [0.25, 0.3) is 0 Å². The SMILES string of the molecule is CCN[C@H](C)CNS(=O)(=O)c1cc(C(=O)OCC)c(C)c([N+](=O)[O-])c1.Cl. The van der Waals surface area contributed by atoms with Gasteiger partial charge in [-0.15, -0.1) is 12.4 Å². The van der Waals surface area contributed by atoms with Gasteiger partial charge in [0.25, 0.3) is 5.69 Å². The largest absolute Gasteiger partial charge is 0.462 e. The van der Waals surface area contributed by atoms with E-state index in [-0.39, 0.29) is 47.6 Å². The predicted octanol–water partition coefficient (Wildman–Crippen LogP) is 1.78. The van der Waals surface area contributed by atoms with E-state index in [9.17, 15) is 23.3 Å². The second-order valence-corrected chi connectivity index (χ2v) is 7.17. The molecule has 0 aromatic heterocycles. The molecule has 0 aliphatic heterocycles. The van der Waals surface area contributed by atoms with Gasteiger partial charge in [-0.05, 0) is 33.4 Å². The second kappa shape index (κ2) is 10.4. The summed E-state index contributed by atoms with van der Waals surface area (Å²) < 4.78 is 32.1. The Morgan fingerprint density at radius 1 is 1.35 bits per heavy atom. The fraction of sp³-hybridized carbons (Fsp3) is 0.533. The first kappa shape index (κ1) is 24.2. The maximum atomic E-state index is 12.4. The summed E-state index contributed by atoms with van der Waals surface area (Å²) >= 11 is 0. The molecule has 0 amide bonds. The smallest absolute Gasteiger partial charge is 0.338 e. The molecule has 1 rings (SSSR count). The molecule has 0 fully saturated rings. The summed E-state index contributed by atoms with van der Waals surface area (Å²) in [6.07, 6.45) is 0. The quantitative estimate of drug-likeness (QED) is 0.361. The van der Waals surface area contributed by atoms with Gasteiger partial charge in [-0.25, -0.2) is 17.9 Å². The molecule has 11 heteroatoms. The van der Waals surface area contributed by atoms with Crippen molar-refractivity contribution in [3.63, 3.8) is 0 Å². The second-order valence-electron chi connectivity index (χ2n) is 5.40. The predicted molar refractivity (Wildman–Crippen MR) is 99.4 cm³/mol. The molecular weight excluding hydrogens is 386 g/mol. The number of nitrogens with one attached hydrogen (secondary N) is 2. The molecule has 0 aliphatic rings. The van der Waals surface area contributed by atoms with Crippen LogP contribution >= 0.6 is 12.4 Å². The molecule has 26 heavy (non-hydrogen) atoms. The van der Waals surface area contributed by atoms with Crippen LogP contribution in [-0.2, 0) is 14.8 Å². The van der Waals surface area contributed by atoms with E-state index in [4.69, 9.17) is 4.74 Å². The summed E-state index contributed by atoms with van der Waals surface area (Å²) in [6.45, 7) is 7.50. The number of benzene rings is 1. The number of halogens is 1. The number of likely N-dealkylation sites (N-methyl/N-ethyl adjacent to an activating group) is 1. The van der Waals surface area contributed by atoms with Crippen LogP contribution in [0.2, 0.25) is 0 Å². The fourth-order valence-corrected chi connectivity index (χ4v) is 3.35. The molecular formula is C15H24ClN3O6S. The lowest BCUT2D eigenvalue weighted by atomic mass is 10.1. The van der Waals surface area contributed by atoms with E-state index in [1.54, 1.807) is 13.8 Å². The van der Waals surface area contributed by atoms with Gasteiger partial charge in [0, 0.05) is 24.2 Å². The van der Waals surface area contributed by atoms with Gasteiger partial charge in [-0.3, -0.25) is 10.1 Å². The van der Waals surface area contributed by atoms with E-state index >= 15 is 0 Å². The fourth-order valence-electron chi connectivity index (χ4n) is 2.18. The number of carbonyl (C=O) groups excluding carboxylic acids is 1. The van der Waals surface area contributed by atoms with Crippen LogP contribution in [0.5, 0.6) is 0 Å². The summed E-state index contributed by atoms with van der Waals surface area (Å²) in [5.74, 6) is -0.804. The molecule has 0 bridgehead atoms. The molecule has 0 saturated carbocycles. The zero-order chi connectivity index (χ0) is 19.2. The minimum atomic E-state index is -4.02. The summed E-state index contributed by atoms with van der Waals surface area (Å²) in [5.41, 5.74) is -0.537. The van der Waals surface area contributed by atoms with E-state index < -0.39 is 26.6 Å². The van der Waals surface area contributed by atoms with Crippen LogP contribution in [0.1, 0.15) is 36.7 Å². The lowest BCUT2D eigenvalue weighted by Crippen LogP contribution is -2.38. The van der Waals surface area contributed by atoms with Crippen molar-refractivity contribution in [2.45, 2.75) is 38.6 Å². The molecule has 0 aliphatic carbocycles. The average Bonchev–Trinajstić information content (AvgIpc) is 2.53. The Morgan fingerprint density at radius 3 is 2.46 bits per heavy atom. The minimum absolute atomic E-state index is 0. The third-order valence-corrected chi connectivity index (χ3v) is 4.89. The standard InChI is InChI=1S/C15H23N3O6S.ClH/c1-5-16-10(3)9-17-25(22,23)12-7-13(15(19)24-6-2)11(4)14(8-12)18(20)21;/h7-8,10,16-17H,5-6,9H2,1-4H3;1H/t10-;/m1./s1. The summed E-state index contributed by atoms with van der Waals surface area (Å²) in [6, 6.07) is 1.92. The Kier molecular flexibility index (Phi) is 9.71. The zero-order valence-corrected chi connectivity index (χ0v) is 16.7. The number of rotatable bonds is 9. The van der Waals surface area contributed by atoms with Crippen LogP contribution in [0.15, 0.2) is 17.0 Å². The van der Waals surface area contributed by atoms with Gasteiger partial charge in [0.05, 0.1) is 22.0 Å². The first-order valence-corrected chi connectivity index (χ1v) is 9.31. The van der Waals surface area contributed by atoms with Crippen LogP contribution in [0.4, 0.5) is 5.69 Å². The highest BCUT2D eigenvalue weighted by Crippen LogP contribution is 2.27. The summed E-state index contributed by atoms with van der Waals surface area (Å²) in [5, 5.41) is 14.3. The van der Waals surface area contributed by atoms with E-state index in [0.29, 0.717) is 6.54 Å². The zero-order valence-electron chi connectivity index (χ0n) is 15.1. The molecule has 0 spiro atoms. The summed E-state index contributed by atoms with van der Waals surface area (Å²) in [7, 11) is -4.02. The Labute approximate surface area is 159 Å². The van der Waals surface area contributed by atoms with Crippen molar-refractivity contribution in [1.82, 2.24) is 10.0 Å². The van der Waals surface area contributed by atoms with Gasteiger partial charge < -0.3 is 10.1 Å². The van der Waals surface area contributed by atoms with Gasteiger partial charge in [-0.2, -0.15) is 0 Å². The molecule has 0 radical (unpaired) electrons. The minimum Gasteiger partial charge on any atom is -0.462 e. The van der Waals surface area contributed by atoms with E-state index in [1.807, 2.05) is 6.92 Å². The van der Waals surface area contributed by atoms with Crippen molar-refractivity contribution < 1.29 is 22.9 Å². The van der Waals surface area contributed by atoms with E-state index in [1.165, 1.54) is 6.92 Å². The molecule has 9 nitrogen and oxygen atoms in total. The molecule has 1 aromatic carbocycles. The van der Waals surface area contributed by atoms with Gasteiger partial charge in [-0.1, -0.05) is 6.92 Å². The van der Waals surface area contributed by atoms with Gasteiger partial charge in [0.2, 0.25) is 10.0 Å². The number of carbonyl (C=O) groups is 1. The Morgan fingerprint density at radius 2 is 1.96 bits per heavy atom. The summed E-state index contributed by atoms with van der Waals surface area (Å²) in [4.78, 5) is 22.1. The Balaban J connectivity index is 0.00000625. The number of sulfonamides is 1. The van der Waals surface area contributed by atoms with Crippen molar-refractivity contribution >= 4 is 34.1 Å². The Hall–Kier alpha value is -1.75. The molecule has 1 atom stereocenters. The Bertz CT molecular complexity index is 754. The average molecular weight is 410 g/mol. The van der Waals surface area contributed by atoms with Crippen molar-refractivity contribution in [3.05, 3.63) is 33.4 Å². The number of nitro benzene ring substituents is 1. The normalized spacial score (nSPS) is 12.2. The van der Waals surface area contributed by atoms with Crippen LogP contribution < -0.4 is 10.0 Å². The van der Waals surface area contributed by atoms with Crippen molar-refractivity contribution in [2.75, 3.05) is 19.7 Å². The number of ether oxygens (including phenoxy) is 1. The number of hydrogen-bond acceptors (Lipinski definition) is 7. The lowest BCUT2D eigenvalue weighted by molar-refractivity contribution is -0.385. The molecule has 0 heterocycles. The number of esters is 1. The monoisotopic (exact) mass is 409 g/mol. The first-order valence-electron chi connectivity index (χ1n) is 7.83. The van der Waals surface area contributed by atoms with E-state index in [2.05, 4.69) is 10.0 Å². The van der Waals surface area contributed by atoms with E-state index in [0.717, 1.165) is 12.1 Å². The van der Waals surface area contributed by atoms with Gasteiger partial charge in [0.1, 0.15) is 0 Å². The molecule has 2 N–H and O–H groups in total. The van der Waals surface area contributed by atoms with Crippen molar-refractivity contribution in [1.29, 1.82) is 0 Å². The van der Waals surface area contributed by atoms with Crippen molar-refractivity contribution in [3.8, 4) is 0 Å². The third-order valence-electron chi connectivity index (χ3n) is 3.49. The van der Waals surface area contributed by atoms with Gasteiger partial charge in [0.15, 0.2) is 0 Å². The lowest BCUT2D eigenvalue weighted by Gasteiger charge is -2.14. The molecule has 148 valence electrons. The maximum absolute atomic E-state index is 12.4. The number of nitrogens with zero attached hydrogens (tertiary/aromatic N) is 1. The number of hydrogen-bond donors (Lipinski definition) is 2. The first-order chi connectivity index (χ1) is 11.6. The molecule has 0 unspecified atom stereocenters. The highest BCUT2D eigenvalue weighted by Gasteiger charge is 2.26. The highest BCUT2D eigenvalue weighted by molar-refractivity contribution is 7.89. The molecule has 1 aromatic rings. The highest BCUT2D eigenvalue weighted by atomic mass is 35.5. The van der Waals surface area contributed by atoms with Gasteiger partial charge >= 0.3 is 5.97 Å². The topological polar surface area (TPSA) is 128 Å². The van der Waals surface area contributed by atoms with Crippen LogP contribution in [0.3, 0.4) is 0 Å². The van der Waals surface area contributed by atoms with Crippen molar-refractivity contribution in [2.24, 2.45) is 0 Å². The maximum Gasteiger partial charge on any atom is 0.338 e. The van der Waals surface area contributed by atoms with Crippen LogP contribution in [-0.4, -0.2) is 45.0 Å².